The molecule has 0 unspecified atom stereocenters. The molecule has 26 heavy (non-hydrogen) atoms. The number of nitrogens with zero attached hydrogens (tertiary/aromatic N) is 2. The number of aromatic nitrogens is 1. The Morgan fingerprint density at radius 2 is 1.77 bits per heavy atom. The molecule has 0 radical (unpaired) electrons. The van der Waals surface area contributed by atoms with Crippen LogP contribution in [0.4, 0.5) is 0 Å². The Bertz CT molecular complexity index is 899. The third kappa shape index (κ3) is 3.55. The summed E-state index contributed by atoms with van der Waals surface area (Å²) < 4.78 is 2.36. The molecular formula is C22H22Cl2N2. The van der Waals surface area contributed by atoms with Gasteiger partial charge in [-0.15, -0.1) is 0 Å². The molecular weight excluding hydrogens is 363 g/mol. The number of fused-ring (bicyclic) bond motifs is 1. The first-order valence-corrected chi connectivity index (χ1v) is 9.77. The molecule has 0 saturated carbocycles. The van der Waals surface area contributed by atoms with E-state index in [9.17, 15) is 0 Å². The molecule has 2 heterocycles. The van der Waals surface area contributed by atoms with E-state index in [1.54, 1.807) is 0 Å². The zero-order valence-corrected chi connectivity index (χ0v) is 16.3. The predicted octanol–water partition coefficient (Wildman–Crippen LogP) is 6.10. The van der Waals surface area contributed by atoms with E-state index in [0.717, 1.165) is 26.1 Å². The molecule has 0 N–H and O–H groups in total. The standard InChI is InChI=1S/C22H22Cl2N2/c1-16-5-7-17(8-6-16)15-26-13-3-12-25-11-2-4-21(25)22(26)18-9-10-19(23)20(24)14-18/h2,4-11,14,22H,3,12-13,15H2,1H3/t22-/m0/s1. The average molecular weight is 385 g/mol. The highest BCUT2D eigenvalue weighted by molar-refractivity contribution is 6.42. The van der Waals surface area contributed by atoms with Gasteiger partial charge in [-0.05, 0) is 48.7 Å². The molecule has 0 fully saturated rings. The summed E-state index contributed by atoms with van der Waals surface area (Å²) in [6.45, 7) is 5.13. The van der Waals surface area contributed by atoms with Crippen molar-refractivity contribution in [2.45, 2.75) is 32.5 Å². The number of hydrogen-bond acceptors (Lipinski definition) is 1. The maximum atomic E-state index is 6.34. The fourth-order valence-electron chi connectivity index (χ4n) is 3.80. The third-order valence-electron chi connectivity index (χ3n) is 5.12. The topological polar surface area (TPSA) is 8.17 Å². The summed E-state index contributed by atoms with van der Waals surface area (Å²) in [5.74, 6) is 0. The highest BCUT2D eigenvalue weighted by atomic mass is 35.5. The zero-order valence-electron chi connectivity index (χ0n) is 14.8. The second-order valence-electron chi connectivity index (χ2n) is 7.01. The van der Waals surface area contributed by atoms with Gasteiger partial charge in [-0.25, -0.2) is 0 Å². The van der Waals surface area contributed by atoms with Crippen molar-refractivity contribution in [3.8, 4) is 0 Å². The monoisotopic (exact) mass is 384 g/mol. The van der Waals surface area contributed by atoms with Gasteiger partial charge in [0.15, 0.2) is 0 Å². The lowest BCUT2D eigenvalue weighted by Crippen LogP contribution is -2.29. The summed E-state index contributed by atoms with van der Waals surface area (Å²) in [4.78, 5) is 2.54. The van der Waals surface area contributed by atoms with Crippen molar-refractivity contribution in [2.24, 2.45) is 0 Å². The molecule has 1 aliphatic heterocycles. The van der Waals surface area contributed by atoms with E-state index in [1.165, 1.54) is 22.4 Å². The molecule has 0 aliphatic carbocycles. The van der Waals surface area contributed by atoms with Crippen LogP contribution in [0.15, 0.2) is 60.8 Å². The third-order valence-corrected chi connectivity index (χ3v) is 5.86. The van der Waals surface area contributed by atoms with Crippen LogP contribution in [0.25, 0.3) is 0 Å². The Balaban J connectivity index is 1.75. The molecule has 1 atom stereocenters. The van der Waals surface area contributed by atoms with Crippen LogP contribution in [0.5, 0.6) is 0 Å². The molecule has 0 saturated heterocycles. The van der Waals surface area contributed by atoms with Gasteiger partial charge in [-0.2, -0.15) is 0 Å². The molecule has 1 aliphatic rings. The maximum absolute atomic E-state index is 6.34. The lowest BCUT2D eigenvalue weighted by molar-refractivity contribution is 0.220. The maximum Gasteiger partial charge on any atom is 0.0759 e. The summed E-state index contributed by atoms with van der Waals surface area (Å²) in [6.07, 6.45) is 3.31. The Hall–Kier alpha value is -1.74. The highest BCUT2D eigenvalue weighted by Crippen LogP contribution is 2.35. The van der Waals surface area contributed by atoms with Crippen LogP contribution in [-0.4, -0.2) is 16.0 Å². The van der Waals surface area contributed by atoms with Crippen molar-refractivity contribution >= 4 is 23.2 Å². The fraction of sp³-hybridized carbons (Fsp3) is 0.273. The summed E-state index contributed by atoms with van der Waals surface area (Å²) in [5.41, 5.74) is 5.13. The molecule has 4 rings (SSSR count). The quantitative estimate of drug-likeness (QED) is 0.529. The van der Waals surface area contributed by atoms with Gasteiger partial charge < -0.3 is 4.57 Å². The minimum atomic E-state index is 0.170. The van der Waals surface area contributed by atoms with Gasteiger partial charge >= 0.3 is 0 Å². The van der Waals surface area contributed by atoms with E-state index in [2.05, 4.69) is 65.1 Å². The smallest absolute Gasteiger partial charge is 0.0759 e. The molecule has 0 amide bonds. The van der Waals surface area contributed by atoms with E-state index in [-0.39, 0.29) is 6.04 Å². The van der Waals surface area contributed by atoms with Crippen molar-refractivity contribution in [3.63, 3.8) is 0 Å². The summed E-state index contributed by atoms with van der Waals surface area (Å²) in [5, 5.41) is 1.21. The summed E-state index contributed by atoms with van der Waals surface area (Å²) in [7, 11) is 0. The second-order valence-corrected chi connectivity index (χ2v) is 7.83. The molecule has 2 aromatic carbocycles. The van der Waals surface area contributed by atoms with E-state index in [4.69, 9.17) is 23.2 Å². The van der Waals surface area contributed by atoms with Gasteiger partial charge in [-0.1, -0.05) is 59.1 Å². The van der Waals surface area contributed by atoms with Gasteiger partial charge in [0.25, 0.3) is 0 Å². The van der Waals surface area contributed by atoms with Crippen molar-refractivity contribution in [1.82, 2.24) is 9.47 Å². The van der Waals surface area contributed by atoms with Crippen molar-refractivity contribution in [1.29, 1.82) is 0 Å². The van der Waals surface area contributed by atoms with Crippen LogP contribution in [0.2, 0.25) is 10.0 Å². The first kappa shape index (κ1) is 17.7. The van der Waals surface area contributed by atoms with Crippen LogP contribution >= 0.6 is 23.2 Å². The SMILES string of the molecule is Cc1ccc(CN2CCCn3cccc3[C@@H]2c2ccc(Cl)c(Cl)c2)cc1. The Labute approximate surface area is 165 Å². The Morgan fingerprint density at radius 3 is 2.54 bits per heavy atom. The summed E-state index contributed by atoms with van der Waals surface area (Å²) >= 11 is 12.5. The highest BCUT2D eigenvalue weighted by Gasteiger charge is 2.27. The van der Waals surface area contributed by atoms with E-state index in [0.29, 0.717) is 10.0 Å². The van der Waals surface area contributed by atoms with Crippen LogP contribution < -0.4 is 0 Å². The predicted molar refractivity (Wildman–Crippen MR) is 109 cm³/mol. The minimum Gasteiger partial charge on any atom is -0.350 e. The fourth-order valence-corrected chi connectivity index (χ4v) is 4.11. The molecule has 2 nitrogen and oxygen atoms in total. The number of rotatable bonds is 3. The lowest BCUT2D eigenvalue weighted by Gasteiger charge is -2.31. The number of benzene rings is 2. The molecule has 3 aromatic rings. The van der Waals surface area contributed by atoms with Gasteiger partial charge in [0.1, 0.15) is 0 Å². The second kappa shape index (κ2) is 7.48. The molecule has 0 bridgehead atoms. The van der Waals surface area contributed by atoms with Crippen LogP contribution in [-0.2, 0) is 13.1 Å². The van der Waals surface area contributed by atoms with Crippen molar-refractivity contribution in [3.05, 3.63) is 93.2 Å². The van der Waals surface area contributed by atoms with E-state index < -0.39 is 0 Å². The molecule has 0 spiro atoms. The van der Waals surface area contributed by atoms with Crippen LogP contribution in [0.1, 0.15) is 34.8 Å². The van der Waals surface area contributed by atoms with Gasteiger partial charge in [0, 0.05) is 31.5 Å². The van der Waals surface area contributed by atoms with Crippen molar-refractivity contribution < 1.29 is 0 Å². The van der Waals surface area contributed by atoms with Gasteiger partial charge in [0.2, 0.25) is 0 Å². The molecule has 4 heteroatoms. The lowest BCUT2D eigenvalue weighted by atomic mass is 10.0. The van der Waals surface area contributed by atoms with Crippen LogP contribution in [0, 0.1) is 6.92 Å². The van der Waals surface area contributed by atoms with E-state index in [1.807, 2.05) is 12.1 Å². The molecule has 1 aromatic heterocycles. The van der Waals surface area contributed by atoms with E-state index >= 15 is 0 Å². The molecule has 134 valence electrons. The number of halogens is 2. The van der Waals surface area contributed by atoms with Crippen LogP contribution in [0.3, 0.4) is 0 Å². The first-order chi connectivity index (χ1) is 12.6. The normalized spacial score (nSPS) is 17.7. The zero-order chi connectivity index (χ0) is 18.1. The number of hydrogen-bond donors (Lipinski definition) is 0. The van der Waals surface area contributed by atoms with Gasteiger partial charge in [-0.3, -0.25) is 4.90 Å². The van der Waals surface area contributed by atoms with Gasteiger partial charge in [0.05, 0.1) is 16.1 Å². The minimum absolute atomic E-state index is 0.170. The Kier molecular flexibility index (Phi) is 5.08. The Morgan fingerprint density at radius 1 is 0.962 bits per heavy atom. The number of aryl methyl sites for hydroxylation is 2. The largest absolute Gasteiger partial charge is 0.350 e. The summed E-state index contributed by atoms with van der Waals surface area (Å²) in [6, 6.07) is 19.4. The van der Waals surface area contributed by atoms with Crippen molar-refractivity contribution in [2.75, 3.05) is 6.54 Å². The average Bonchev–Trinajstić information content (AvgIpc) is 3.01. The first-order valence-electron chi connectivity index (χ1n) is 9.01.